The average molecular weight is 207 g/mol. The number of halogens is 1. The second-order valence-corrected chi connectivity index (χ2v) is 3.61. The highest BCUT2D eigenvalue weighted by molar-refractivity contribution is 5.85. The molecule has 0 radical (unpaired) electrons. The molecule has 1 amide bonds. The van der Waals surface area contributed by atoms with E-state index in [2.05, 4.69) is 4.90 Å². The van der Waals surface area contributed by atoms with Gasteiger partial charge in [-0.3, -0.25) is 4.90 Å². The topological polar surface area (TPSA) is 55.6 Å². The average Bonchev–Trinajstić information content (AvgIpc) is 2.05. The maximum atomic E-state index is 10.5. The van der Waals surface area contributed by atoms with Crippen LogP contribution in [0.2, 0.25) is 0 Å². The molecule has 0 aromatic rings. The summed E-state index contributed by atoms with van der Waals surface area (Å²) >= 11 is 0. The van der Waals surface area contributed by atoms with Gasteiger partial charge in [0.05, 0.1) is 0 Å². The Hall–Kier alpha value is -0.480. The van der Waals surface area contributed by atoms with E-state index < -0.39 is 6.09 Å². The number of rotatable bonds is 1. The Bertz CT molecular complexity index is 193. The van der Waals surface area contributed by atoms with Gasteiger partial charge < -0.3 is 10.5 Å². The first kappa shape index (κ1) is 10.6. The minimum absolute atomic E-state index is 0. The zero-order valence-electron chi connectivity index (χ0n) is 7.44. The summed E-state index contributed by atoms with van der Waals surface area (Å²) in [4.78, 5) is 12.9. The van der Waals surface area contributed by atoms with Crippen LogP contribution in [0.4, 0.5) is 4.79 Å². The van der Waals surface area contributed by atoms with Crippen LogP contribution in [0.1, 0.15) is 12.8 Å². The van der Waals surface area contributed by atoms with Crippen LogP contribution in [0.5, 0.6) is 0 Å². The molecule has 1 atom stereocenters. The normalized spacial score (nSPS) is 36.5. The first-order chi connectivity index (χ1) is 5.75. The molecule has 3 rings (SSSR count). The largest absolute Gasteiger partial charge is 0.445 e. The number of amides is 1. The van der Waals surface area contributed by atoms with E-state index in [-0.39, 0.29) is 18.5 Å². The number of piperidine rings is 3. The van der Waals surface area contributed by atoms with Gasteiger partial charge in [0.15, 0.2) is 0 Å². The lowest BCUT2D eigenvalue weighted by atomic mass is 9.86. The van der Waals surface area contributed by atoms with Gasteiger partial charge in [0, 0.05) is 6.54 Å². The van der Waals surface area contributed by atoms with Crippen LogP contribution in [0.25, 0.3) is 0 Å². The van der Waals surface area contributed by atoms with E-state index in [9.17, 15) is 4.79 Å². The zero-order valence-corrected chi connectivity index (χ0v) is 8.26. The predicted molar refractivity (Wildman–Crippen MR) is 50.9 cm³/mol. The third kappa shape index (κ3) is 2.25. The zero-order chi connectivity index (χ0) is 8.55. The maximum absolute atomic E-state index is 10.5. The van der Waals surface area contributed by atoms with Crippen molar-refractivity contribution in [3.63, 3.8) is 0 Å². The van der Waals surface area contributed by atoms with Crippen molar-refractivity contribution in [3.8, 4) is 0 Å². The lowest BCUT2D eigenvalue weighted by Gasteiger charge is -2.43. The van der Waals surface area contributed by atoms with Crippen LogP contribution >= 0.6 is 12.4 Å². The molecule has 5 heteroatoms. The highest BCUT2D eigenvalue weighted by atomic mass is 35.5. The summed E-state index contributed by atoms with van der Waals surface area (Å²) in [7, 11) is 0. The van der Waals surface area contributed by atoms with Gasteiger partial charge in [0.25, 0.3) is 0 Å². The van der Waals surface area contributed by atoms with Gasteiger partial charge in [-0.2, -0.15) is 0 Å². The smallest absolute Gasteiger partial charge is 0.404 e. The van der Waals surface area contributed by atoms with Crippen molar-refractivity contribution in [2.24, 2.45) is 11.7 Å². The van der Waals surface area contributed by atoms with Crippen LogP contribution < -0.4 is 5.73 Å². The van der Waals surface area contributed by atoms with Gasteiger partial charge in [-0.15, -0.1) is 12.4 Å². The molecule has 3 fully saturated rings. The van der Waals surface area contributed by atoms with Gasteiger partial charge in [-0.1, -0.05) is 0 Å². The molecule has 3 saturated heterocycles. The highest BCUT2D eigenvalue weighted by Crippen LogP contribution is 2.29. The van der Waals surface area contributed by atoms with Gasteiger partial charge in [0.2, 0.25) is 0 Å². The molecule has 13 heavy (non-hydrogen) atoms. The minimum Gasteiger partial charge on any atom is -0.445 e. The number of nitrogens with two attached hydrogens (primary N) is 1. The molecule has 4 nitrogen and oxygen atoms in total. The SMILES string of the molecule is Cl.NC(=O)OC1CN2CCC1CC2. The quantitative estimate of drug-likeness (QED) is 0.684. The Labute approximate surface area is 83.8 Å². The number of carbonyl (C=O) groups is 1. The van der Waals surface area contributed by atoms with E-state index in [0.717, 1.165) is 32.5 Å². The van der Waals surface area contributed by atoms with E-state index in [1.165, 1.54) is 0 Å². The van der Waals surface area contributed by atoms with Crippen molar-refractivity contribution in [1.29, 1.82) is 0 Å². The molecule has 0 saturated carbocycles. The van der Waals surface area contributed by atoms with E-state index in [0.29, 0.717) is 5.92 Å². The Morgan fingerprint density at radius 2 is 2.00 bits per heavy atom. The van der Waals surface area contributed by atoms with Crippen LogP contribution in [0.15, 0.2) is 0 Å². The third-order valence-electron chi connectivity index (χ3n) is 2.86. The number of hydrogen-bond acceptors (Lipinski definition) is 3. The Morgan fingerprint density at radius 3 is 2.38 bits per heavy atom. The Morgan fingerprint density at radius 1 is 1.38 bits per heavy atom. The fourth-order valence-corrected chi connectivity index (χ4v) is 2.19. The van der Waals surface area contributed by atoms with Crippen LogP contribution in [-0.2, 0) is 4.74 Å². The van der Waals surface area contributed by atoms with Crippen LogP contribution in [0, 0.1) is 5.92 Å². The highest BCUT2D eigenvalue weighted by Gasteiger charge is 2.35. The molecule has 2 N–H and O–H groups in total. The summed E-state index contributed by atoms with van der Waals surface area (Å²) in [6.45, 7) is 3.19. The maximum Gasteiger partial charge on any atom is 0.404 e. The molecular weight excluding hydrogens is 192 g/mol. The predicted octanol–water partition coefficient (Wildman–Crippen LogP) is 0.598. The lowest BCUT2D eigenvalue weighted by Crippen LogP contribution is -2.52. The molecule has 2 bridgehead atoms. The molecular formula is C8H15ClN2O2. The molecule has 1 unspecified atom stereocenters. The Balaban J connectivity index is 0.000000845. The standard InChI is InChI=1S/C8H14N2O2.ClH/c9-8(11)12-7-5-10-3-1-6(7)2-4-10;/h6-7H,1-5H2,(H2,9,11);1H. The van der Waals surface area contributed by atoms with E-state index >= 15 is 0 Å². The summed E-state index contributed by atoms with van der Waals surface area (Å²) < 4.78 is 5.02. The summed E-state index contributed by atoms with van der Waals surface area (Å²) in [6, 6.07) is 0. The van der Waals surface area contributed by atoms with Crippen molar-refractivity contribution in [2.75, 3.05) is 19.6 Å². The summed E-state index contributed by atoms with van der Waals surface area (Å²) in [6.07, 6.45) is 1.73. The monoisotopic (exact) mass is 206 g/mol. The van der Waals surface area contributed by atoms with Crippen molar-refractivity contribution in [2.45, 2.75) is 18.9 Å². The second-order valence-electron chi connectivity index (χ2n) is 3.61. The van der Waals surface area contributed by atoms with E-state index in [1.54, 1.807) is 0 Å². The minimum atomic E-state index is -0.631. The molecule has 3 heterocycles. The summed E-state index contributed by atoms with van der Waals surface area (Å²) in [5.41, 5.74) is 4.98. The number of fused-ring (bicyclic) bond motifs is 3. The molecule has 0 spiro atoms. The molecule has 3 aliphatic rings. The van der Waals surface area contributed by atoms with Gasteiger partial charge in [0.1, 0.15) is 6.10 Å². The van der Waals surface area contributed by atoms with Crippen LogP contribution in [-0.4, -0.2) is 36.7 Å². The molecule has 3 aliphatic heterocycles. The Kier molecular flexibility index (Phi) is 3.39. The number of primary amides is 1. The summed E-state index contributed by atoms with van der Waals surface area (Å²) in [5.74, 6) is 0.558. The van der Waals surface area contributed by atoms with E-state index in [4.69, 9.17) is 10.5 Å². The third-order valence-corrected chi connectivity index (χ3v) is 2.86. The molecule has 0 aromatic heterocycles. The first-order valence-corrected chi connectivity index (χ1v) is 4.44. The molecule has 0 aliphatic carbocycles. The lowest BCUT2D eigenvalue weighted by molar-refractivity contribution is -0.0304. The van der Waals surface area contributed by atoms with Gasteiger partial charge in [-0.05, 0) is 31.8 Å². The number of carbonyl (C=O) groups excluding carboxylic acids is 1. The van der Waals surface area contributed by atoms with Crippen molar-refractivity contribution in [1.82, 2.24) is 4.90 Å². The van der Waals surface area contributed by atoms with Crippen molar-refractivity contribution < 1.29 is 9.53 Å². The second kappa shape index (κ2) is 4.15. The van der Waals surface area contributed by atoms with Crippen LogP contribution in [0.3, 0.4) is 0 Å². The van der Waals surface area contributed by atoms with Gasteiger partial charge in [-0.25, -0.2) is 4.79 Å². The van der Waals surface area contributed by atoms with Crippen molar-refractivity contribution in [3.05, 3.63) is 0 Å². The van der Waals surface area contributed by atoms with Crippen molar-refractivity contribution >= 4 is 18.5 Å². The fourth-order valence-electron chi connectivity index (χ4n) is 2.19. The number of ether oxygens (including phenoxy) is 1. The summed E-state index contributed by atoms with van der Waals surface area (Å²) in [5, 5.41) is 0. The number of hydrogen-bond donors (Lipinski definition) is 1. The molecule has 0 aromatic carbocycles. The fraction of sp³-hybridized carbons (Fsp3) is 0.875. The molecule has 76 valence electrons. The van der Waals surface area contributed by atoms with Gasteiger partial charge >= 0.3 is 6.09 Å². The van der Waals surface area contributed by atoms with E-state index in [1.807, 2.05) is 0 Å². The number of nitrogens with zero attached hydrogens (tertiary/aromatic N) is 1. The first-order valence-electron chi connectivity index (χ1n) is 4.44.